The number of hydrogen-bond acceptors (Lipinski definition) is 3. The van der Waals surface area contributed by atoms with Gasteiger partial charge in [0.25, 0.3) is 0 Å². The Morgan fingerprint density at radius 1 is 1.13 bits per heavy atom. The van der Waals surface area contributed by atoms with E-state index in [4.69, 9.17) is 10.2 Å². The van der Waals surface area contributed by atoms with Gasteiger partial charge in [-0.2, -0.15) is 0 Å². The van der Waals surface area contributed by atoms with Crippen molar-refractivity contribution in [2.45, 2.75) is 31.7 Å². The lowest BCUT2D eigenvalue weighted by Gasteiger charge is -2.33. The molecule has 0 aliphatic heterocycles. The van der Waals surface area contributed by atoms with Crippen LogP contribution in [0.3, 0.4) is 0 Å². The van der Waals surface area contributed by atoms with E-state index in [0.29, 0.717) is 12.8 Å². The maximum Gasteiger partial charge on any atom is 0.308 e. The van der Waals surface area contributed by atoms with Gasteiger partial charge in [-0.3, -0.25) is 14.4 Å². The molecule has 1 saturated carbocycles. The maximum atomic E-state index is 11.2. The van der Waals surface area contributed by atoms with E-state index in [-0.39, 0.29) is 18.9 Å². The molecule has 0 spiro atoms. The topological polar surface area (TPSA) is 104 Å². The first-order valence-corrected chi connectivity index (χ1v) is 4.74. The van der Waals surface area contributed by atoms with Crippen LogP contribution in [0.25, 0.3) is 0 Å². The molecule has 1 fully saturated rings. The first-order valence-electron chi connectivity index (χ1n) is 4.74. The molecular formula is C9H13NO5. The minimum absolute atomic E-state index is 0.0990. The van der Waals surface area contributed by atoms with Crippen LogP contribution in [-0.4, -0.2) is 34.1 Å². The Hall–Kier alpha value is -1.59. The summed E-state index contributed by atoms with van der Waals surface area (Å²) in [6.07, 6.45) is 0.892. The first-order chi connectivity index (χ1) is 7.00. The van der Waals surface area contributed by atoms with Gasteiger partial charge in [0.15, 0.2) is 0 Å². The van der Waals surface area contributed by atoms with Crippen molar-refractivity contribution in [2.24, 2.45) is 5.92 Å². The van der Waals surface area contributed by atoms with Gasteiger partial charge in [0, 0.05) is 12.5 Å². The molecular weight excluding hydrogens is 202 g/mol. The summed E-state index contributed by atoms with van der Waals surface area (Å²) in [6, 6.07) is -0.330. The summed E-state index contributed by atoms with van der Waals surface area (Å²) in [7, 11) is 0. The second kappa shape index (κ2) is 4.77. The average molecular weight is 215 g/mol. The van der Waals surface area contributed by atoms with Crippen LogP contribution in [-0.2, 0) is 14.4 Å². The van der Waals surface area contributed by atoms with Gasteiger partial charge in [-0.15, -0.1) is 0 Å². The highest BCUT2D eigenvalue weighted by atomic mass is 16.4. The van der Waals surface area contributed by atoms with Crippen molar-refractivity contribution >= 4 is 17.8 Å². The molecule has 0 heterocycles. The van der Waals surface area contributed by atoms with Crippen molar-refractivity contribution in [3.63, 3.8) is 0 Å². The van der Waals surface area contributed by atoms with Gasteiger partial charge in [0.2, 0.25) is 5.91 Å². The highest BCUT2D eigenvalue weighted by Crippen LogP contribution is 2.27. The highest BCUT2D eigenvalue weighted by Gasteiger charge is 2.37. The van der Waals surface area contributed by atoms with Gasteiger partial charge >= 0.3 is 11.9 Å². The van der Waals surface area contributed by atoms with Crippen LogP contribution in [0.2, 0.25) is 0 Å². The molecule has 1 amide bonds. The van der Waals surface area contributed by atoms with Crippen LogP contribution >= 0.6 is 0 Å². The van der Waals surface area contributed by atoms with E-state index in [0.717, 1.165) is 0 Å². The van der Waals surface area contributed by atoms with Crippen molar-refractivity contribution < 1.29 is 24.6 Å². The quantitative estimate of drug-likeness (QED) is 0.590. The van der Waals surface area contributed by atoms with Gasteiger partial charge in [0.1, 0.15) is 0 Å². The largest absolute Gasteiger partial charge is 0.481 e. The number of carboxylic acids is 2. The molecule has 15 heavy (non-hydrogen) atoms. The van der Waals surface area contributed by atoms with Crippen molar-refractivity contribution in [2.75, 3.05) is 0 Å². The third kappa shape index (κ3) is 3.23. The molecule has 1 aliphatic carbocycles. The molecule has 0 aromatic carbocycles. The number of carbonyl (C=O) groups excluding carboxylic acids is 1. The average Bonchev–Trinajstić information content (AvgIpc) is 2.08. The fourth-order valence-corrected chi connectivity index (χ4v) is 1.47. The molecule has 1 aliphatic rings. The summed E-state index contributed by atoms with van der Waals surface area (Å²) < 4.78 is 0. The van der Waals surface area contributed by atoms with E-state index in [9.17, 15) is 14.4 Å². The molecule has 6 nitrogen and oxygen atoms in total. The molecule has 6 heteroatoms. The molecule has 0 radical (unpaired) electrons. The number of aliphatic carboxylic acids is 2. The number of hydrogen-bond donors (Lipinski definition) is 3. The third-order valence-corrected chi connectivity index (χ3v) is 2.50. The first kappa shape index (κ1) is 11.5. The lowest BCUT2D eigenvalue weighted by Crippen LogP contribution is -2.49. The van der Waals surface area contributed by atoms with Crippen molar-refractivity contribution in [3.05, 3.63) is 0 Å². The second-order valence-corrected chi connectivity index (χ2v) is 3.59. The van der Waals surface area contributed by atoms with E-state index in [2.05, 4.69) is 5.32 Å². The number of carboxylic acid groups (broad SMARTS) is 2. The van der Waals surface area contributed by atoms with Gasteiger partial charge < -0.3 is 15.5 Å². The fourth-order valence-electron chi connectivity index (χ4n) is 1.47. The summed E-state index contributed by atoms with van der Waals surface area (Å²) >= 11 is 0. The Labute approximate surface area is 86.3 Å². The standard InChI is InChI=1S/C9H13NO5/c11-7(3-4-8(12)13)10-6-2-1-5(6)9(14)15/h5-6H,1-4H2,(H,10,11)(H,12,13)(H,14,15). The molecule has 0 bridgehead atoms. The van der Waals surface area contributed by atoms with Crippen LogP contribution in [0.4, 0.5) is 0 Å². The normalized spacial score (nSPS) is 24.0. The zero-order chi connectivity index (χ0) is 11.4. The summed E-state index contributed by atoms with van der Waals surface area (Å²) in [5.41, 5.74) is 0. The zero-order valence-corrected chi connectivity index (χ0v) is 8.10. The predicted octanol–water partition coefficient (Wildman–Crippen LogP) is -0.169. The molecule has 0 aromatic rings. The van der Waals surface area contributed by atoms with Gasteiger partial charge in [-0.05, 0) is 12.8 Å². The minimum atomic E-state index is -1.03. The number of amides is 1. The van der Waals surface area contributed by atoms with Crippen molar-refractivity contribution in [3.8, 4) is 0 Å². The van der Waals surface area contributed by atoms with Crippen LogP contribution in [0, 0.1) is 5.92 Å². The van der Waals surface area contributed by atoms with E-state index in [1.807, 2.05) is 0 Å². The fraction of sp³-hybridized carbons (Fsp3) is 0.667. The second-order valence-electron chi connectivity index (χ2n) is 3.59. The zero-order valence-electron chi connectivity index (χ0n) is 8.10. The van der Waals surface area contributed by atoms with Crippen molar-refractivity contribution in [1.82, 2.24) is 5.32 Å². The number of carbonyl (C=O) groups is 3. The Kier molecular flexibility index (Phi) is 3.65. The molecule has 1 rings (SSSR count). The number of nitrogens with one attached hydrogen (secondary N) is 1. The molecule has 0 aromatic heterocycles. The summed E-state index contributed by atoms with van der Waals surface area (Å²) in [5.74, 6) is -2.86. The minimum Gasteiger partial charge on any atom is -0.481 e. The Morgan fingerprint density at radius 2 is 1.80 bits per heavy atom. The molecule has 3 N–H and O–H groups in total. The van der Waals surface area contributed by atoms with Gasteiger partial charge in [-0.1, -0.05) is 0 Å². The Balaban J connectivity index is 2.26. The lowest BCUT2D eigenvalue weighted by atomic mass is 9.79. The summed E-state index contributed by atoms with van der Waals surface area (Å²) in [5, 5.41) is 19.5. The number of rotatable bonds is 5. The van der Waals surface area contributed by atoms with E-state index < -0.39 is 23.8 Å². The van der Waals surface area contributed by atoms with E-state index in [1.54, 1.807) is 0 Å². The molecule has 0 saturated heterocycles. The predicted molar refractivity (Wildman–Crippen MR) is 49.2 cm³/mol. The third-order valence-electron chi connectivity index (χ3n) is 2.50. The molecule has 2 atom stereocenters. The SMILES string of the molecule is O=C(O)CCC(=O)NC1CCC1C(=O)O. The van der Waals surface area contributed by atoms with Crippen LogP contribution in [0.1, 0.15) is 25.7 Å². The molecule has 2 unspecified atom stereocenters. The van der Waals surface area contributed by atoms with E-state index >= 15 is 0 Å². The van der Waals surface area contributed by atoms with Crippen LogP contribution < -0.4 is 5.32 Å². The van der Waals surface area contributed by atoms with Crippen molar-refractivity contribution in [1.29, 1.82) is 0 Å². The Bertz CT molecular complexity index is 288. The summed E-state index contributed by atoms with van der Waals surface area (Å²) in [4.78, 5) is 31.9. The summed E-state index contributed by atoms with van der Waals surface area (Å²) in [6.45, 7) is 0. The monoisotopic (exact) mass is 215 g/mol. The lowest BCUT2D eigenvalue weighted by molar-refractivity contribution is -0.147. The smallest absolute Gasteiger partial charge is 0.308 e. The van der Waals surface area contributed by atoms with E-state index in [1.165, 1.54) is 0 Å². The maximum absolute atomic E-state index is 11.2. The van der Waals surface area contributed by atoms with Crippen LogP contribution in [0.15, 0.2) is 0 Å². The Morgan fingerprint density at radius 3 is 2.20 bits per heavy atom. The van der Waals surface area contributed by atoms with Crippen LogP contribution in [0.5, 0.6) is 0 Å². The van der Waals surface area contributed by atoms with Gasteiger partial charge in [-0.25, -0.2) is 0 Å². The van der Waals surface area contributed by atoms with Gasteiger partial charge in [0.05, 0.1) is 12.3 Å². The highest BCUT2D eigenvalue weighted by molar-refractivity contribution is 5.82. The molecule has 84 valence electrons.